The molecule has 3 rings (SSSR count). The summed E-state index contributed by atoms with van der Waals surface area (Å²) in [7, 11) is 0. The van der Waals surface area contributed by atoms with E-state index in [1.54, 1.807) is 4.90 Å². The highest BCUT2D eigenvalue weighted by atomic mass is 19.4. The average Bonchev–Trinajstić information content (AvgIpc) is 2.98. The van der Waals surface area contributed by atoms with E-state index in [1.165, 1.54) is 0 Å². The highest BCUT2D eigenvalue weighted by molar-refractivity contribution is 5.83. The molecule has 2 aliphatic heterocycles. The molecule has 0 saturated carbocycles. The first-order valence-electron chi connectivity index (χ1n) is 8.41. The Morgan fingerprint density at radius 1 is 1.04 bits per heavy atom. The minimum Gasteiger partial charge on any atom is -0.372 e. The summed E-state index contributed by atoms with van der Waals surface area (Å²) in [4.78, 5) is 13.6. The second-order valence-corrected chi connectivity index (χ2v) is 6.91. The number of nitrogens with zero attached hydrogens (tertiary/aromatic N) is 1. The molecular weight excluding hydrogens is 378 g/mol. The van der Waals surface area contributed by atoms with Gasteiger partial charge in [-0.3, -0.25) is 4.79 Å². The van der Waals surface area contributed by atoms with Crippen LogP contribution in [0.25, 0.3) is 0 Å². The molecule has 0 aliphatic carbocycles. The summed E-state index contributed by atoms with van der Waals surface area (Å²) in [5.74, 6) is -0.198. The summed E-state index contributed by atoms with van der Waals surface area (Å²) in [6.45, 7) is -0.166. The first kappa shape index (κ1) is 19.9. The molecule has 1 aromatic carbocycles. The van der Waals surface area contributed by atoms with Gasteiger partial charge < -0.3 is 15.4 Å². The standard InChI is InChI=1S/C17H18F6N2O2/c18-16(19,20)10-3-9(4-11(5-10)17(21,22)23)8-27-13-6-12-1-2-14(24)15(26)25(12)7-13/h3-5,12-14H,1-2,6-8,24H2. The zero-order valence-electron chi connectivity index (χ0n) is 14.1. The van der Waals surface area contributed by atoms with E-state index >= 15 is 0 Å². The van der Waals surface area contributed by atoms with Crippen LogP contribution >= 0.6 is 0 Å². The van der Waals surface area contributed by atoms with E-state index in [0.717, 1.165) is 0 Å². The van der Waals surface area contributed by atoms with Crippen molar-refractivity contribution >= 4 is 5.91 Å². The zero-order valence-corrected chi connectivity index (χ0v) is 14.1. The maximum atomic E-state index is 12.9. The van der Waals surface area contributed by atoms with Gasteiger partial charge in [-0.1, -0.05) is 0 Å². The first-order valence-corrected chi connectivity index (χ1v) is 8.41. The van der Waals surface area contributed by atoms with Crippen molar-refractivity contribution in [2.75, 3.05) is 6.54 Å². The highest BCUT2D eigenvalue weighted by Gasteiger charge is 2.41. The monoisotopic (exact) mass is 396 g/mol. The van der Waals surface area contributed by atoms with E-state index in [1.807, 2.05) is 0 Å². The molecule has 3 unspecified atom stereocenters. The van der Waals surface area contributed by atoms with Crippen molar-refractivity contribution in [3.63, 3.8) is 0 Å². The van der Waals surface area contributed by atoms with Crippen LogP contribution in [0.2, 0.25) is 0 Å². The maximum absolute atomic E-state index is 12.9. The van der Waals surface area contributed by atoms with Crippen LogP contribution in [-0.2, 0) is 28.5 Å². The summed E-state index contributed by atoms with van der Waals surface area (Å²) in [5, 5.41) is 0. The van der Waals surface area contributed by atoms with Gasteiger partial charge in [-0.15, -0.1) is 0 Å². The zero-order chi connectivity index (χ0) is 20.0. The lowest BCUT2D eigenvalue weighted by atomic mass is 9.99. The molecule has 10 heteroatoms. The Bertz CT molecular complexity index is 686. The molecule has 0 bridgehead atoms. The quantitative estimate of drug-likeness (QED) is 0.798. The summed E-state index contributed by atoms with van der Waals surface area (Å²) in [5.41, 5.74) is 2.75. The number of hydrogen-bond donors (Lipinski definition) is 1. The molecule has 2 N–H and O–H groups in total. The number of amides is 1. The van der Waals surface area contributed by atoms with E-state index in [-0.39, 0.29) is 30.1 Å². The van der Waals surface area contributed by atoms with E-state index in [0.29, 0.717) is 31.4 Å². The fraction of sp³-hybridized carbons (Fsp3) is 0.588. The second-order valence-electron chi connectivity index (χ2n) is 6.91. The van der Waals surface area contributed by atoms with Crippen molar-refractivity contribution in [2.24, 2.45) is 5.73 Å². The Morgan fingerprint density at radius 2 is 1.63 bits per heavy atom. The molecule has 3 atom stereocenters. The van der Waals surface area contributed by atoms with Crippen molar-refractivity contribution < 1.29 is 35.9 Å². The third kappa shape index (κ3) is 4.37. The van der Waals surface area contributed by atoms with E-state index in [2.05, 4.69) is 0 Å². The predicted octanol–water partition coefficient (Wildman–Crippen LogP) is 3.33. The van der Waals surface area contributed by atoms with Crippen LogP contribution in [0.4, 0.5) is 26.3 Å². The molecule has 0 spiro atoms. The minimum atomic E-state index is -4.90. The molecule has 2 fully saturated rings. The van der Waals surface area contributed by atoms with Crippen LogP contribution < -0.4 is 5.73 Å². The number of carbonyl (C=O) groups is 1. The number of rotatable bonds is 3. The molecule has 1 aromatic rings. The second kappa shape index (κ2) is 6.97. The molecule has 150 valence electrons. The molecule has 27 heavy (non-hydrogen) atoms. The summed E-state index contributed by atoms with van der Waals surface area (Å²) in [6.07, 6.45) is -8.50. The van der Waals surface area contributed by atoms with Gasteiger partial charge in [0, 0.05) is 12.6 Å². The van der Waals surface area contributed by atoms with Crippen molar-refractivity contribution in [2.45, 2.75) is 56.4 Å². The van der Waals surface area contributed by atoms with Gasteiger partial charge in [0.25, 0.3) is 0 Å². The average molecular weight is 396 g/mol. The lowest BCUT2D eigenvalue weighted by molar-refractivity contribution is -0.143. The molecule has 2 saturated heterocycles. The number of piperidine rings is 1. The number of ether oxygens (including phenoxy) is 1. The van der Waals surface area contributed by atoms with E-state index < -0.39 is 42.2 Å². The lowest BCUT2D eigenvalue weighted by Crippen LogP contribution is -2.50. The van der Waals surface area contributed by atoms with Crippen molar-refractivity contribution in [3.05, 3.63) is 34.9 Å². The first-order chi connectivity index (χ1) is 12.4. The number of alkyl halides is 6. The summed E-state index contributed by atoms with van der Waals surface area (Å²) >= 11 is 0. The summed E-state index contributed by atoms with van der Waals surface area (Å²) in [6, 6.07) is 0.767. The largest absolute Gasteiger partial charge is 0.416 e. The van der Waals surface area contributed by atoms with Gasteiger partial charge in [0.1, 0.15) is 0 Å². The van der Waals surface area contributed by atoms with Crippen LogP contribution in [0.5, 0.6) is 0 Å². The number of carbonyl (C=O) groups excluding carboxylic acids is 1. The van der Waals surface area contributed by atoms with Gasteiger partial charge in [0.2, 0.25) is 5.91 Å². The smallest absolute Gasteiger partial charge is 0.372 e. The maximum Gasteiger partial charge on any atom is 0.416 e. The predicted molar refractivity (Wildman–Crippen MR) is 82.4 cm³/mol. The fourth-order valence-electron chi connectivity index (χ4n) is 3.56. The van der Waals surface area contributed by atoms with Crippen LogP contribution in [-0.4, -0.2) is 35.5 Å². The van der Waals surface area contributed by atoms with Gasteiger partial charge >= 0.3 is 12.4 Å². The van der Waals surface area contributed by atoms with Gasteiger partial charge in [0.05, 0.1) is 29.9 Å². The molecular formula is C17H18F6N2O2. The Labute approximate surface area is 151 Å². The Hall–Kier alpha value is -1.81. The molecule has 1 amide bonds. The van der Waals surface area contributed by atoms with Crippen LogP contribution in [0.3, 0.4) is 0 Å². The van der Waals surface area contributed by atoms with Crippen molar-refractivity contribution in [1.29, 1.82) is 0 Å². The molecule has 0 aromatic heterocycles. The van der Waals surface area contributed by atoms with Gasteiger partial charge in [0.15, 0.2) is 0 Å². The molecule has 2 heterocycles. The Kier molecular flexibility index (Phi) is 5.15. The van der Waals surface area contributed by atoms with Gasteiger partial charge in [-0.25, -0.2) is 0 Å². The molecule has 0 radical (unpaired) electrons. The summed E-state index contributed by atoms with van der Waals surface area (Å²) < 4.78 is 82.9. The third-order valence-corrected chi connectivity index (χ3v) is 4.92. The highest BCUT2D eigenvalue weighted by Crippen LogP contribution is 2.37. The number of benzene rings is 1. The normalized spacial score (nSPS) is 26.4. The van der Waals surface area contributed by atoms with Gasteiger partial charge in [-0.2, -0.15) is 26.3 Å². The minimum absolute atomic E-state index is 0.0467. The topological polar surface area (TPSA) is 55.6 Å². The van der Waals surface area contributed by atoms with Gasteiger partial charge in [-0.05, 0) is 43.0 Å². The SMILES string of the molecule is NC1CCC2CC(OCc3cc(C(F)(F)F)cc(C(F)(F)F)c3)CN2C1=O. The molecule has 2 aliphatic rings. The third-order valence-electron chi connectivity index (χ3n) is 4.92. The van der Waals surface area contributed by atoms with Crippen molar-refractivity contribution in [3.8, 4) is 0 Å². The Balaban J connectivity index is 1.72. The fourth-order valence-corrected chi connectivity index (χ4v) is 3.56. The van der Waals surface area contributed by atoms with E-state index in [9.17, 15) is 31.1 Å². The van der Waals surface area contributed by atoms with Crippen LogP contribution in [0.1, 0.15) is 36.0 Å². The van der Waals surface area contributed by atoms with Crippen molar-refractivity contribution in [1.82, 2.24) is 4.90 Å². The number of hydrogen-bond acceptors (Lipinski definition) is 3. The van der Waals surface area contributed by atoms with E-state index in [4.69, 9.17) is 10.5 Å². The van der Waals surface area contributed by atoms with Crippen LogP contribution in [0, 0.1) is 0 Å². The van der Waals surface area contributed by atoms with Crippen LogP contribution in [0.15, 0.2) is 18.2 Å². The lowest BCUT2D eigenvalue weighted by Gasteiger charge is -2.32. The Morgan fingerprint density at radius 3 is 2.19 bits per heavy atom. The number of nitrogens with two attached hydrogens (primary N) is 1. The number of halogens is 6. The molecule has 4 nitrogen and oxygen atoms in total. The number of fused-ring (bicyclic) bond motifs is 1.